The maximum absolute atomic E-state index is 14.4. The standard InChI is InChI=1S/C21H18ClF2N3O2/c1-11-20-13(6-14(22)8-17(20)24)3-5-27(11)19(28)10-26-18-7-12-2-4-25-21(29)15(12)9-16(18)23/h2,4,6-9,11,26H,3,5,10H2,1H3,(H,25,29). The molecule has 0 spiro atoms. The van der Waals surface area contributed by atoms with Crippen LogP contribution in [-0.4, -0.2) is 28.9 Å². The lowest BCUT2D eigenvalue weighted by Gasteiger charge is -2.35. The van der Waals surface area contributed by atoms with Crippen molar-refractivity contribution in [3.63, 3.8) is 0 Å². The molecule has 2 aromatic carbocycles. The first kappa shape index (κ1) is 19.4. The van der Waals surface area contributed by atoms with Crippen LogP contribution in [0.25, 0.3) is 10.8 Å². The van der Waals surface area contributed by atoms with Crippen molar-refractivity contribution < 1.29 is 13.6 Å². The van der Waals surface area contributed by atoms with Crippen molar-refractivity contribution in [2.75, 3.05) is 18.4 Å². The number of amides is 1. The third-order valence-electron chi connectivity index (χ3n) is 5.30. The van der Waals surface area contributed by atoms with Gasteiger partial charge in [0.1, 0.15) is 11.6 Å². The molecule has 1 aromatic heterocycles. The molecule has 1 aliphatic rings. The topological polar surface area (TPSA) is 65.2 Å². The number of halogens is 3. The van der Waals surface area contributed by atoms with Gasteiger partial charge in [0.2, 0.25) is 5.91 Å². The summed E-state index contributed by atoms with van der Waals surface area (Å²) in [6.07, 6.45) is 1.97. The van der Waals surface area contributed by atoms with Crippen LogP contribution in [0.4, 0.5) is 14.5 Å². The molecule has 0 aliphatic carbocycles. The van der Waals surface area contributed by atoms with E-state index >= 15 is 0 Å². The van der Waals surface area contributed by atoms with E-state index in [4.69, 9.17) is 11.6 Å². The number of carbonyl (C=O) groups excluding carboxylic acids is 1. The summed E-state index contributed by atoms with van der Waals surface area (Å²) >= 11 is 5.92. The zero-order valence-corrected chi connectivity index (χ0v) is 16.3. The van der Waals surface area contributed by atoms with Crippen LogP contribution in [0.1, 0.15) is 24.1 Å². The Bertz CT molecular complexity index is 1180. The molecule has 3 aromatic rings. The second-order valence-electron chi connectivity index (χ2n) is 7.05. The Morgan fingerprint density at radius 3 is 2.86 bits per heavy atom. The zero-order valence-electron chi connectivity index (χ0n) is 15.6. The van der Waals surface area contributed by atoms with Crippen LogP contribution in [0, 0.1) is 11.6 Å². The SMILES string of the molecule is CC1c2c(F)cc(Cl)cc2CCN1C(=O)CNc1cc2cc[nH]c(=O)c2cc1F. The monoisotopic (exact) mass is 417 g/mol. The maximum Gasteiger partial charge on any atom is 0.255 e. The van der Waals surface area contributed by atoms with Crippen LogP contribution in [0.5, 0.6) is 0 Å². The van der Waals surface area contributed by atoms with Crippen LogP contribution in [-0.2, 0) is 11.2 Å². The molecule has 1 unspecified atom stereocenters. The molecule has 29 heavy (non-hydrogen) atoms. The van der Waals surface area contributed by atoms with E-state index in [0.717, 1.165) is 11.6 Å². The van der Waals surface area contributed by atoms with Crippen molar-refractivity contribution in [2.45, 2.75) is 19.4 Å². The number of anilines is 1. The molecule has 1 amide bonds. The fourth-order valence-corrected chi connectivity index (χ4v) is 4.09. The van der Waals surface area contributed by atoms with E-state index in [1.807, 2.05) is 0 Å². The number of nitrogens with one attached hydrogen (secondary N) is 2. The van der Waals surface area contributed by atoms with Crippen LogP contribution in [0.15, 0.2) is 41.3 Å². The smallest absolute Gasteiger partial charge is 0.255 e. The number of H-pyrrole nitrogens is 1. The molecule has 1 atom stereocenters. The molecule has 4 rings (SSSR count). The zero-order chi connectivity index (χ0) is 20.7. The number of hydrogen-bond donors (Lipinski definition) is 2. The largest absolute Gasteiger partial charge is 0.374 e. The Morgan fingerprint density at radius 2 is 2.07 bits per heavy atom. The lowest BCUT2D eigenvalue weighted by atomic mass is 9.93. The minimum Gasteiger partial charge on any atom is -0.374 e. The van der Waals surface area contributed by atoms with Crippen molar-refractivity contribution in [1.82, 2.24) is 9.88 Å². The molecular formula is C21H18ClF2N3O2. The third kappa shape index (κ3) is 3.58. The van der Waals surface area contributed by atoms with E-state index < -0.39 is 17.7 Å². The number of aromatic nitrogens is 1. The van der Waals surface area contributed by atoms with Crippen LogP contribution in [0.2, 0.25) is 5.02 Å². The highest BCUT2D eigenvalue weighted by Crippen LogP contribution is 2.33. The van der Waals surface area contributed by atoms with Gasteiger partial charge < -0.3 is 15.2 Å². The first-order valence-corrected chi connectivity index (χ1v) is 9.55. The van der Waals surface area contributed by atoms with Gasteiger partial charge in [-0.1, -0.05) is 11.6 Å². The summed E-state index contributed by atoms with van der Waals surface area (Å²) in [5.74, 6) is -1.33. The minimum absolute atomic E-state index is 0.125. The Morgan fingerprint density at radius 1 is 1.28 bits per heavy atom. The van der Waals surface area contributed by atoms with E-state index in [-0.39, 0.29) is 29.1 Å². The van der Waals surface area contributed by atoms with Crippen LogP contribution >= 0.6 is 11.6 Å². The fraction of sp³-hybridized carbons (Fsp3) is 0.238. The average Bonchev–Trinajstić information content (AvgIpc) is 2.66. The summed E-state index contributed by atoms with van der Waals surface area (Å²) in [5, 5.41) is 3.92. The van der Waals surface area contributed by atoms with Crippen molar-refractivity contribution in [1.29, 1.82) is 0 Å². The van der Waals surface area contributed by atoms with Gasteiger partial charge in [0.05, 0.1) is 23.7 Å². The second kappa shape index (κ2) is 7.48. The van der Waals surface area contributed by atoms with Crippen molar-refractivity contribution in [3.8, 4) is 0 Å². The van der Waals surface area contributed by atoms with Gasteiger partial charge in [0.25, 0.3) is 5.56 Å². The number of aromatic amines is 1. The van der Waals surface area contributed by atoms with Gasteiger partial charge in [-0.05, 0) is 54.6 Å². The Kier molecular flexibility index (Phi) is 5.00. The summed E-state index contributed by atoms with van der Waals surface area (Å²) < 4.78 is 28.7. The van der Waals surface area contributed by atoms with Gasteiger partial charge >= 0.3 is 0 Å². The molecule has 2 N–H and O–H groups in total. The number of fused-ring (bicyclic) bond motifs is 2. The van der Waals surface area contributed by atoms with Gasteiger partial charge in [-0.15, -0.1) is 0 Å². The fourth-order valence-electron chi connectivity index (χ4n) is 3.86. The molecule has 1 aliphatic heterocycles. The van der Waals surface area contributed by atoms with Gasteiger partial charge in [-0.25, -0.2) is 8.78 Å². The number of rotatable bonds is 3. The molecule has 8 heteroatoms. The molecular weight excluding hydrogens is 400 g/mol. The predicted molar refractivity (Wildman–Crippen MR) is 108 cm³/mol. The molecule has 0 saturated heterocycles. The van der Waals surface area contributed by atoms with Crippen molar-refractivity contribution in [2.24, 2.45) is 0 Å². The average molecular weight is 418 g/mol. The quantitative estimate of drug-likeness (QED) is 0.676. The highest BCUT2D eigenvalue weighted by molar-refractivity contribution is 6.30. The van der Waals surface area contributed by atoms with E-state index in [2.05, 4.69) is 10.3 Å². The Labute approximate surface area is 170 Å². The molecule has 0 bridgehead atoms. The highest BCUT2D eigenvalue weighted by Gasteiger charge is 2.30. The first-order chi connectivity index (χ1) is 13.8. The Balaban J connectivity index is 1.52. The van der Waals surface area contributed by atoms with E-state index in [1.165, 1.54) is 18.3 Å². The summed E-state index contributed by atoms with van der Waals surface area (Å²) in [5.41, 5.74) is 1.00. The number of carbonyl (C=O) groups is 1. The minimum atomic E-state index is -0.625. The highest BCUT2D eigenvalue weighted by atomic mass is 35.5. The molecule has 0 radical (unpaired) electrons. The van der Waals surface area contributed by atoms with E-state index in [9.17, 15) is 18.4 Å². The van der Waals surface area contributed by atoms with Crippen molar-refractivity contribution in [3.05, 3.63) is 74.7 Å². The molecule has 150 valence electrons. The lowest BCUT2D eigenvalue weighted by Crippen LogP contribution is -2.42. The summed E-state index contributed by atoms with van der Waals surface area (Å²) in [7, 11) is 0. The number of nitrogens with zero attached hydrogens (tertiary/aromatic N) is 1. The van der Waals surface area contributed by atoms with Gasteiger partial charge in [-0.2, -0.15) is 0 Å². The number of benzene rings is 2. The number of pyridine rings is 1. The summed E-state index contributed by atoms with van der Waals surface area (Å²) in [6, 6.07) is 6.80. The van der Waals surface area contributed by atoms with Gasteiger partial charge in [-0.3, -0.25) is 9.59 Å². The second-order valence-corrected chi connectivity index (χ2v) is 7.49. The summed E-state index contributed by atoms with van der Waals surface area (Å²) in [6.45, 7) is 2.03. The number of hydrogen-bond acceptors (Lipinski definition) is 3. The van der Waals surface area contributed by atoms with E-state index in [0.29, 0.717) is 28.9 Å². The Hall–Kier alpha value is -2.93. The molecule has 5 nitrogen and oxygen atoms in total. The lowest BCUT2D eigenvalue weighted by molar-refractivity contribution is -0.131. The van der Waals surface area contributed by atoms with E-state index in [1.54, 1.807) is 24.0 Å². The maximum atomic E-state index is 14.4. The normalized spacial score (nSPS) is 16.0. The predicted octanol–water partition coefficient (Wildman–Crippen LogP) is 4.02. The molecule has 0 saturated carbocycles. The van der Waals surface area contributed by atoms with Gasteiger partial charge in [0, 0.05) is 23.3 Å². The van der Waals surface area contributed by atoms with Crippen LogP contribution < -0.4 is 10.9 Å². The van der Waals surface area contributed by atoms with Crippen molar-refractivity contribution >= 4 is 34.0 Å². The van der Waals surface area contributed by atoms with Gasteiger partial charge in [0.15, 0.2) is 0 Å². The van der Waals surface area contributed by atoms with Crippen LogP contribution in [0.3, 0.4) is 0 Å². The first-order valence-electron chi connectivity index (χ1n) is 9.17. The summed E-state index contributed by atoms with van der Waals surface area (Å²) in [4.78, 5) is 28.6. The third-order valence-corrected chi connectivity index (χ3v) is 5.52. The molecule has 0 fully saturated rings. The molecule has 2 heterocycles.